The quantitative estimate of drug-likeness (QED) is 0.533. The van der Waals surface area contributed by atoms with E-state index in [4.69, 9.17) is 27.3 Å². The van der Waals surface area contributed by atoms with Crippen LogP contribution in [0.4, 0.5) is 10.6 Å². The molecule has 3 N–H and O–H groups in total. The van der Waals surface area contributed by atoms with Gasteiger partial charge < -0.3 is 30.5 Å². The number of nitrogens with one attached hydrogen (secondary N) is 1. The number of amides is 3. The molecule has 1 spiro atoms. The van der Waals surface area contributed by atoms with Crippen LogP contribution in [-0.2, 0) is 0 Å². The van der Waals surface area contributed by atoms with Gasteiger partial charge in [-0.05, 0) is 62.3 Å². The van der Waals surface area contributed by atoms with E-state index in [0.29, 0.717) is 47.6 Å². The van der Waals surface area contributed by atoms with Crippen LogP contribution < -0.4 is 20.7 Å². The molecule has 1 aliphatic carbocycles. The molecule has 1 unspecified atom stereocenters. The molecule has 3 amide bonds. The maximum absolute atomic E-state index is 13.0. The number of aromatic nitrogens is 2. The summed E-state index contributed by atoms with van der Waals surface area (Å²) in [5, 5.41) is 21.5. The van der Waals surface area contributed by atoms with Crippen molar-refractivity contribution in [2.24, 2.45) is 17.1 Å². The van der Waals surface area contributed by atoms with Gasteiger partial charge >= 0.3 is 6.03 Å². The van der Waals surface area contributed by atoms with Gasteiger partial charge in [-0.15, -0.1) is 10.2 Å². The fraction of sp³-hybridized carbons (Fsp3) is 0.552. The first-order valence-electron chi connectivity index (χ1n) is 14.3. The van der Waals surface area contributed by atoms with E-state index in [1.54, 1.807) is 29.2 Å². The fourth-order valence-corrected chi connectivity index (χ4v) is 7.03. The number of urea groups is 1. The average Bonchev–Trinajstić information content (AvgIpc) is 2.94. The number of carbonyl (C=O) groups excluding carboxylic acids is 2. The molecule has 1 aromatic heterocycles. The number of piperazine rings is 1. The highest BCUT2D eigenvalue weighted by Gasteiger charge is 2.55. The van der Waals surface area contributed by atoms with Gasteiger partial charge in [0.2, 0.25) is 0 Å². The lowest BCUT2D eigenvalue weighted by Gasteiger charge is -2.58. The Morgan fingerprint density at radius 2 is 1.93 bits per heavy atom. The molecule has 12 heteroatoms. The molecular formula is C29H35ClN8O3. The van der Waals surface area contributed by atoms with Gasteiger partial charge in [0.1, 0.15) is 17.9 Å². The normalized spacial score (nSPS) is 22.5. The molecule has 4 fully saturated rings. The molecule has 4 aliphatic rings. The molecule has 1 atom stereocenters. The summed E-state index contributed by atoms with van der Waals surface area (Å²) >= 11 is 6.11. The van der Waals surface area contributed by atoms with E-state index in [1.165, 1.54) is 0 Å². The maximum atomic E-state index is 13.0. The second-order valence-corrected chi connectivity index (χ2v) is 12.3. The average molecular weight is 579 g/mol. The number of ether oxygens (including phenoxy) is 1. The summed E-state index contributed by atoms with van der Waals surface area (Å²) in [7, 11) is 0. The third kappa shape index (κ3) is 5.76. The number of nitrogens with two attached hydrogens (primary N) is 1. The Hall–Kier alpha value is -3.62. The molecule has 11 nitrogen and oxygen atoms in total. The first kappa shape index (κ1) is 27.5. The van der Waals surface area contributed by atoms with Crippen LogP contribution in [0.15, 0.2) is 30.3 Å². The smallest absolute Gasteiger partial charge is 0.315 e. The number of primary amides is 1. The van der Waals surface area contributed by atoms with Crippen molar-refractivity contribution in [1.82, 2.24) is 25.3 Å². The Bertz CT molecular complexity index is 1330. The summed E-state index contributed by atoms with van der Waals surface area (Å²) in [4.78, 5) is 30.7. The van der Waals surface area contributed by atoms with Crippen molar-refractivity contribution in [2.75, 3.05) is 50.7 Å². The minimum atomic E-state index is -0.330. The van der Waals surface area contributed by atoms with Crippen LogP contribution in [0.2, 0.25) is 5.02 Å². The molecule has 41 heavy (non-hydrogen) atoms. The van der Waals surface area contributed by atoms with Crippen molar-refractivity contribution in [3.8, 4) is 11.8 Å². The standard InChI is InChI=1S/C29H35ClN8O3/c30-24-12-22(2-1-20(24)15-31)41-23-13-29(14-23)17-37(18-29)27(39)25-3-4-26(35-34-25)36-8-5-19(6-9-36)11-21-16-33-7-10-38(21)28(32)40/h1-4,12,19,21,23,33H,5-11,13-14,16-18H2,(H2,32,40). The first-order valence-corrected chi connectivity index (χ1v) is 14.7. The van der Waals surface area contributed by atoms with Gasteiger partial charge in [0.15, 0.2) is 11.5 Å². The topological polar surface area (TPSA) is 141 Å². The summed E-state index contributed by atoms with van der Waals surface area (Å²) in [6.45, 7) is 5.39. The van der Waals surface area contributed by atoms with Crippen LogP contribution in [0.5, 0.6) is 5.75 Å². The molecule has 216 valence electrons. The SMILES string of the molecule is N#Cc1ccc(OC2CC3(C2)CN(C(=O)c2ccc(N4CCC(CC5CNCCN5C(N)=O)CC4)nn2)C3)cc1Cl. The largest absolute Gasteiger partial charge is 0.490 e. The van der Waals surface area contributed by atoms with E-state index < -0.39 is 0 Å². The van der Waals surface area contributed by atoms with Crippen molar-refractivity contribution in [3.63, 3.8) is 0 Å². The number of nitriles is 1. The molecule has 3 saturated heterocycles. The van der Waals surface area contributed by atoms with Crippen LogP contribution in [-0.4, -0.2) is 89.9 Å². The lowest BCUT2D eigenvalue weighted by molar-refractivity contribution is -0.103. The van der Waals surface area contributed by atoms with E-state index in [1.807, 2.05) is 17.0 Å². The molecule has 1 aromatic carbocycles. The Morgan fingerprint density at radius 3 is 2.59 bits per heavy atom. The Labute approximate surface area is 244 Å². The van der Waals surface area contributed by atoms with E-state index in [2.05, 4.69) is 20.4 Å². The second kappa shape index (κ2) is 11.3. The molecule has 1 saturated carbocycles. The second-order valence-electron chi connectivity index (χ2n) is 11.9. The van der Waals surface area contributed by atoms with E-state index in [9.17, 15) is 9.59 Å². The van der Waals surface area contributed by atoms with Gasteiger partial charge in [0.05, 0.1) is 10.6 Å². The highest BCUT2D eigenvalue weighted by atomic mass is 35.5. The third-order valence-corrected chi connectivity index (χ3v) is 9.38. The van der Waals surface area contributed by atoms with Gasteiger partial charge in [-0.3, -0.25) is 4.79 Å². The van der Waals surface area contributed by atoms with E-state index in [0.717, 1.165) is 64.1 Å². The third-order valence-electron chi connectivity index (χ3n) is 9.07. The van der Waals surface area contributed by atoms with E-state index >= 15 is 0 Å². The predicted molar refractivity (Wildman–Crippen MR) is 153 cm³/mol. The molecule has 0 radical (unpaired) electrons. The van der Waals surface area contributed by atoms with Crippen LogP contribution in [0.1, 0.15) is 48.2 Å². The fourth-order valence-electron chi connectivity index (χ4n) is 6.82. The van der Waals surface area contributed by atoms with Crippen molar-refractivity contribution in [1.29, 1.82) is 5.26 Å². The van der Waals surface area contributed by atoms with Crippen LogP contribution >= 0.6 is 11.6 Å². The summed E-state index contributed by atoms with van der Waals surface area (Å²) in [5.74, 6) is 1.90. The number of hydrogen-bond acceptors (Lipinski definition) is 8. The first-order chi connectivity index (χ1) is 19.8. The number of piperidine rings is 1. The van der Waals surface area contributed by atoms with Crippen LogP contribution in [0.3, 0.4) is 0 Å². The van der Waals surface area contributed by atoms with Crippen LogP contribution in [0.25, 0.3) is 0 Å². The summed E-state index contributed by atoms with van der Waals surface area (Å²) in [6, 6.07) is 10.7. The number of halogens is 1. The van der Waals surface area contributed by atoms with Gasteiger partial charge in [-0.2, -0.15) is 5.26 Å². The van der Waals surface area contributed by atoms with Crippen molar-refractivity contribution in [2.45, 2.75) is 44.2 Å². The number of carbonyl (C=O) groups is 2. The van der Waals surface area contributed by atoms with E-state index in [-0.39, 0.29) is 29.5 Å². The number of hydrogen-bond donors (Lipinski definition) is 2. The minimum absolute atomic E-state index is 0.0842. The summed E-state index contributed by atoms with van der Waals surface area (Å²) in [5.41, 5.74) is 6.49. The molecule has 6 rings (SSSR count). The molecule has 3 aliphatic heterocycles. The Kier molecular flexibility index (Phi) is 7.62. The van der Waals surface area contributed by atoms with Crippen molar-refractivity contribution in [3.05, 3.63) is 46.6 Å². The summed E-state index contributed by atoms with van der Waals surface area (Å²) in [6.07, 6.45) is 4.84. The number of likely N-dealkylation sites (tertiary alicyclic amines) is 1. The van der Waals surface area contributed by atoms with Gasteiger partial charge in [-0.25, -0.2) is 4.79 Å². The molecule has 0 bridgehead atoms. The molecule has 4 heterocycles. The zero-order valence-electron chi connectivity index (χ0n) is 23.0. The number of nitrogens with zero attached hydrogens (tertiary/aromatic N) is 6. The monoisotopic (exact) mass is 578 g/mol. The summed E-state index contributed by atoms with van der Waals surface area (Å²) < 4.78 is 6.02. The number of anilines is 1. The van der Waals surface area contributed by atoms with Crippen LogP contribution in [0, 0.1) is 22.7 Å². The molecular weight excluding hydrogens is 544 g/mol. The number of benzene rings is 1. The van der Waals surface area contributed by atoms with Crippen molar-refractivity contribution < 1.29 is 14.3 Å². The predicted octanol–water partition coefficient (Wildman–Crippen LogP) is 2.64. The molecule has 2 aromatic rings. The Morgan fingerprint density at radius 1 is 1.15 bits per heavy atom. The number of rotatable bonds is 6. The minimum Gasteiger partial charge on any atom is -0.490 e. The zero-order chi connectivity index (χ0) is 28.6. The van der Waals surface area contributed by atoms with Gasteiger partial charge in [-0.1, -0.05) is 11.6 Å². The lowest BCUT2D eigenvalue weighted by Crippen LogP contribution is -2.65. The zero-order valence-corrected chi connectivity index (χ0v) is 23.7. The van der Waals surface area contributed by atoms with Gasteiger partial charge in [0, 0.05) is 63.3 Å². The van der Waals surface area contributed by atoms with Gasteiger partial charge in [0.25, 0.3) is 5.91 Å². The lowest BCUT2D eigenvalue weighted by atomic mass is 9.61. The maximum Gasteiger partial charge on any atom is 0.315 e. The Balaban J connectivity index is 0.942. The highest BCUT2D eigenvalue weighted by molar-refractivity contribution is 6.31. The highest BCUT2D eigenvalue weighted by Crippen LogP contribution is 2.50. The van der Waals surface area contributed by atoms with Crippen molar-refractivity contribution >= 4 is 29.4 Å².